The van der Waals surface area contributed by atoms with Crippen LogP contribution in [0.5, 0.6) is 5.75 Å². The Morgan fingerprint density at radius 1 is 1.19 bits per heavy atom. The second-order valence-corrected chi connectivity index (χ2v) is 9.01. The van der Waals surface area contributed by atoms with Gasteiger partial charge < -0.3 is 20.3 Å². The number of anilines is 2. The van der Waals surface area contributed by atoms with Crippen molar-refractivity contribution in [3.8, 4) is 17.0 Å². The SMILES string of the molecule is COc1ccc(-c2cnc3c(Nc4ccc(C(=O)N(C)C5CCNCC5)c(C)c4)nccn23)cc1F. The predicted molar refractivity (Wildman–Crippen MR) is 137 cm³/mol. The van der Waals surface area contributed by atoms with Gasteiger partial charge in [0.1, 0.15) is 0 Å². The van der Waals surface area contributed by atoms with Crippen LogP contribution in [-0.4, -0.2) is 58.5 Å². The third kappa shape index (κ3) is 4.49. The molecule has 186 valence electrons. The Morgan fingerprint density at radius 3 is 2.72 bits per heavy atom. The van der Waals surface area contributed by atoms with Crippen molar-refractivity contribution in [3.63, 3.8) is 0 Å². The molecular formula is C27H29FN6O2. The van der Waals surface area contributed by atoms with E-state index in [1.54, 1.807) is 30.7 Å². The molecular weight excluding hydrogens is 459 g/mol. The number of fused-ring (bicyclic) bond motifs is 1. The fourth-order valence-corrected chi connectivity index (χ4v) is 4.71. The van der Waals surface area contributed by atoms with E-state index in [1.807, 2.05) is 41.5 Å². The van der Waals surface area contributed by atoms with E-state index in [2.05, 4.69) is 20.6 Å². The van der Waals surface area contributed by atoms with E-state index in [1.165, 1.54) is 13.2 Å². The van der Waals surface area contributed by atoms with E-state index >= 15 is 0 Å². The summed E-state index contributed by atoms with van der Waals surface area (Å²) in [6.07, 6.45) is 7.07. The van der Waals surface area contributed by atoms with Crippen molar-refractivity contribution >= 4 is 23.1 Å². The number of carbonyl (C=O) groups excluding carboxylic acids is 1. The molecule has 0 unspecified atom stereocenters. The Morgan fingerprint density at radius 2 is 2.00 bits per heavy atom. The van der Waals surface area contributed by atoms with E-state index in [-0.39, 0.29) is 17.7 Å². The summed E-state index contributed by atoms with van der Waals surface area (Å²) in [5, 5.41) is 6.66. The lowest BCUT2D eigenvalue weighted by Crippen LogP contribution is -2.44. The number of hydrogen-bond acceptors (Lipinski definition) is 6. The zero-order chi connectivity index (χ0) is 25.2. The highest BCUT2D eigenvalue weighted by molar-refractivity contribution is 5.96. The first kappa shape index (κ1) is 23.7. The quantitative estimate of drug-likeness (QED) is 0.418. The van der Waals surface area contributed by atoms with E-state index in [0.29, 0.717) is 22.6 Å². The van der Waals surface area contributed by atoms with Gasteiger partial charge in [0.25, 0.3) is 5.91 Å². The van der Waals surface area contributed by atoms with E-state index in [0.717, 1.165) is 42.9 Å². The van der Waals surface area contributed by atoms with Gasteiger partial charge >= 0.3 is 0 Å². The van der Waals surface area contributed by atoms with Gasteiger partial charge in [-0.1, -0.05) is 0 Å². The number of carbonyl (C=O) groups is 1. The van der Waals surface area contributed by atoms with Gasteiger partial charge in [0.05, 0.1) is 19.0 Å². The highest BCUT2D eigenvalue weighted by Gasteiger charge is 2.24. The molecule has 9 heteroatoms. The van der Waals surface area contributed by atoms with E-state index in [9.17, 15) is 9.18 Å². The highest BCUT2D eigenvalue weighted by Crippen LogP contribution is 2.29. The number of rotatable bonds is 6. The standard InChI is InChI=1S/C27H29FN6O2/c1-17-14-19(5-6-21(17)27(35)33(2)20-8-10-29-11-9-20)32-25-26-31-16-23(34(26)13-12-30-25)18-4-7-24(36-3)22(28)15-18/h4-7,12-16,20,29H,8-11H2,1-3H3,(H,30,32). The summed E-state index contributed by atoms with van der Waals surface area (Å²) < 4.78 is 21.2. The van der Waals surface area contributed by atoms with Crippen LogP contribution in [0, 0.1) is 12.7 Å². The number of ether oxygens (including phenoxy) is 1. The van der Waals surface area contributed by atoms with Crippen molar-refractivity contribution in [2.24, 2.45) is 0 Å². The van der Waals surface area contributed by atoms with Crippen LogP contribution in [0.25, 0.3) is 16.9 Å². The summed E-state index contributed by atoms with van der Waals surface area (Å²) in [7, 11) is 3.33. The maximum Gasteiger partial charge on any atom is 0.254 e. The molecule has 0 radical (unpaired) electrons. The predicted octanol–water partition coefficient (Wildman–Crippen LogP) is 4.42. The van der Waals surface area contributed by atoms with Crippen LogP contribution in [-0.2, 0) is 0 Å². The smallest absolute Gasteiger partial charge is 0.254 e. The summed E-state index contributed by atoms with van der Waals surface area (Å²) in [5.41, 5.74) is 4.39. The molecule has 36 heavy (non-hydrogen) atoms. The first-order valence-corrected chi connectivity index (χ1v) is 12.0. The van der Waals surface area contributed by atoms with E-state index < -0.39 is 5.82 Å². The molecule has 0 aliphatic carbocycles. The molecule has 0 spiro atoms. The van der Waals surface area contributed by atoms with Crippen LogP contribution in [0.15, 0.2) is 55.0 Å². The van der Waals surface area contributed by atoms with Crippen LogP contribution in [0.1, 0.15) is 28.8 Å². The Balaban J connectivity index is 1.39. The van der Waals surface area contributed by atoms with Crippen molar-refractivity contribution in [2.45, 2.75) is 25.8 Å². The van der Waals surface area contributed by atoms with Gasteiger partial charge in [0.15, 0.2) is 23.0 Å². The number of halogens is 1. The van der Waals surface area contributed by atoms with Crippen molar-refractivity contribution in [2.75, 3.05) is 32.6 Å². The molecule has 3 heterocycles. The number of hydrogen-bond donors (Lipinski definition) is 2. The number of piperidine rings is 1. The molecule has 4 aromatic rings. The van der Waals surface area contributed by atoms with Crippen molar-refractivity contribution in [1.29, 1.82) is 0 Å². The van der Waals surface area contributed by atoms with Gasteiger partial charge in [-0.15, -0.1) is 0 Å². The molecule has 0 bridgehead atoms. The maximum absolute atomic E-state index is 14.3. The normalized spacial score (nSPS) is 14.1. The number of nitrogens with zero attached hydrogens (tertiary/aromatic N) is 4. The van der Waals surface area contributed by atoms with Crippen LogP contribution in [0.2, 0.25) is 0 Å². The molecule has 0 saturated carbocycles. The molecule has 1 aliphatic heterocycles. The third-order valence-corrected chi connectivity index (χ3v) is 6.77. The lowest BCUT2D eigenvalue weighted by Gasteiger charge is -2.32. The number of imidazole rings is 1. The third-order valence-electron chi connectivity index (χ3n) is 6.77. The molecule has 0 atom stereocenters. The first-order chi connectivity index (χ1) is 17.5. The first-order valence-electron chi connectivity index (χ1n) is 12.0. The topological polar surface area (TPSA) is 83.8 Å². The molecule has 1 aliphatic rings. The van der Waals surface area contributed by atoms with Crippen LogP contribution in [0.4, 0.5) is 15.9 Å². The Hall–Kier alpha value is -3.98. The number of nitrogens with one attached hydrogen (secondary N) is 2. The molecule has 2 aromatic carbocycles. The molecule has 1 saturated heterocycles. The Labute approximate surface area is 209 Å². The number of benzene rings is 2. The minimum atomic E-state index is -0.437. The Bertz CT molecular complexity index is 1410. The number of amides is 1. The molecule has 1 amide bonds. The second kappa shape index (κ2) is 9.94. The Kier molecular flexibility index (Phi) is 6.56. The van der Waals surface area contributed by atoms with Crippen LogP contribution in [0.3, 0.4) is 0 Å². The zero-order valence-corrected chi connectivity index (χ0v) is 20.6. The highest BCUT2D eigenvalue weighted by atomic mass is 19.1. The number of aromatic nitrogens is 3. The van der Waals surface area contributed by atoms with E-state index in [4.69, 9.17) is 4.74 Å². The van der Waals surface area contributed by atoms with Crippen molar-refractivity contribution in [3.05, 3.63) is 71.9 Å². The molecule has 2 aromatic heterocycles. The average molecular weight is 489 g/mol. The van der Waals surface area contributed by atoms with Gasteiger partial charge in [0.2, 0.25) is 0 Å². The second-order valence-electron chi connectivity index (χ2n) is 9.01. The molecule has 8 nitrogen and oxygen atoms in total. The summed E-state index contributed by atoms with van der Waals surface area (Å²) in [6, 6.07) is 10.7. The molecule has 5 rings (SSSR count). The molecule has 2 N–H and O–H groups in total. The lowest BCUT2D eigenvalue weighted by molar-refractivity contribution is 0.0702. The monoisotopic (exact) mass is 488 g/mol. The lowest BCUT2D eigenvalue weighted by atomic mass is 10.0. The van der Waals surface area contributed by atoms with Crippen molar-refractivity contribution in [1.82, 2.24) is 24.6 Å². The summed E-state index contributed by atoms with van der Waals surface area (Å²) in [4.78, 5) is 24.0. The van der Waals surface area contributed by atoms with Gasteiger partial charge in [-0.2, -0.15) is 0 Å². The summed E-state index contributed by atoms with van der Waals surface area (Å²) in [5.74, 6) is 0.350. The van der Waals surface area contributed by atoms with Crippen LogP contribution >= 0.6 is 0 Å². The summed E-state index contributed by atoms with van der Waals surface area (Å²) >= 11 is 0. The summed E-state index contributed by atoms with van der Waals surface area (Å²) in [6.45, 7) is 3.81. The van der Waals surface area contributed by atoms with Gasteiger partial charge in [-0.05, 0) is 74.8 Å². The van der Waals surface area contributed by atoms with Gasteiger partial charge in [0, 0.05) is 42.3 Å². The largest absolute Gasteiger partial charge is 0.494 e. The fraction of sp³-hybridized carbons (Fsp3) is 0.296. The minimum absolute atomic E-state index is 0.0378. The molecule has 1 fully saturated rings. The zero-order valence-electron chi connectivity index (χ0n) is 20.6. The minimum Gasteiger partial charge on any atom is -0.494 e. The number of aryl methyl sites for hydroxylation is 1. The van der Waals surface area contributed by atoms with Gasteiger partial charge in [-0.25, -0.2) is 14.4 Å². The van der Waals surface area contributed by atoms with Crippen LogP contribution < -0.4 is 15.4 Å². The van der Waals surface area contributed by atoms with Gasteiger partial charge in [-0.3, -0.25) is 9.20 Å². The van der Waals surface area contributed by atoms with Crippen molar-refractivity contribution < 1.29 is 13.9 Å². The fourth-order valence-electron chi connectivity index (χ4n) is 4.71. The average Bonchev–Trinajstić information content (AvgIpc) is 3.34. The maximum atomic E-state index is 14.3. The number of methoxy groups -OCH3 is 1.